The summed E-state index contributed by atoms with van der Waals surface area (Å²) in [7, 11) is 0. The zero-order valence-electron chi connectivity index (χ0n) is 13.3. The fraction of sp³-hybridized carbons (Fsp3) is 0.278. The van der Waals surface area contributed by atoms with E-state index in [1.807, 2.05) is 43.3 Å². The molecule has 0 N–H and O–H groups in total. The normalized spacial score (nSPS) is 21.6. The lowest BCUT2D eigenvalue weighted by Crippen LogP contribution is -2.41. The van der Waals surface area contributed by atoms with Crippen LogP contribution in [0.4, 0.5) is 15.3 Å². The quantitative estimate of drug-likeness (QED) is 0.870. The van der Waals surface area contributed by atoms with Crippen molar-refractivity contribution in [2.45, 2.75) is 32.0 Å². The fourth-order valence-electron chi connectivity index (χ4n) is 3.11. The number of amides is 3. The Kier molecular flexibility index (Phi) is 3.45. The average molecular weight is 323 g/mol. The molecule has 1 saturated carbocycles. The molecule has 1 aromatic heterocycles. The number of aryl methyl sites for hydroxylation is 1. The van der Waals surface area contributed by atoms with Gasteiger partial charge < -0.3 is 4.74 Å². The van der Waals surface area contributed by atoms with Gasteiger partial charge in [-0.05, 0) is 31.0 Å². The summed E-state index contributed by atoms with van der Waals surface area (Å²) in [6.07, 6.45) is 1.88. The Morgan fingerprint density at radius 1 is 1.25 bits per heavy atom. The van der Waals surface area contributed by atoms with Crippen molar-refractivity contribution in [1.29, 1.82) is 0 Å². The molecule has 0 spiro atoms. The van der Waals surface area contributed by atoms with Gasteiger partial charge in [0.2, 0.25) is 0 Å². The van der Waals surface area contributed by atoms with Crippen molar-refractivity contribution in [3.63, 3.8) is 0 Å². The third-order valence-corrected chi connectivity index (χ3v) is 4.36. The number of nitrogens with zero attached hydrogens (tertiary/aromatic N) is 3. The Morgan fingerprint density at radius 2 is 2.04 bits per heavy atom. The monoisotopic (exact) mass is 323 g/mol. The second-order valence-corrected chi connectivity index (χ2v) is 6.09. The van der Waals surface area contributed by atoms with Gasteiger partial charge in [0.25, 0.3) is 0 Å². The second kappa shape index (κ2) is 5.63. The van der Waals surface area contributed by atoms with Gasteiger partial charge >= 0.3 is 12.1 Å². The number of pyridine rings is 1. The number of hydrogen-bond donors (Lipinski definition) is 0. The first-order chi connectivity index (χ1) is 11.6. The molecule has 6 nitrogen and oxygen atoms in total. The summed E-state index contributed by atoms with van der Waals surface area (Å²) >= 11 is 0. The van der Waals surface area contributed by atoms with Crippen LogP contribution in [-0.4, -0.2) is 34.1 Å². The Labute approximate surface area is 139 Å². The molecule has 2 aromatic rings. The van der Waals surface area contributed by atoms with E-state index in [1.165, 1.54) is 4.90 Å². The molecule has 2 fully saturated rings. The minimum Gasteiger partial charge on any atom is -0.444 e. The molecule has 2 atom stereocenters. The highest BCUT2D eigenvalue weighted by Crippen LogP contribution is 2.43. The molecule has 0 radical (unpaired) electrons. The minimum atomic E-state index is -0.579. The minimum absolute atomic E-state index is 0.0450. The molecule has 3 amide bonds. The zero-order chi connectivity index (χ0) is 16.7. The maximum atomic E-state index is 12.6. The molecule has 1 aromatic carbocycles. The van der Waals surface area contributed by atoms with Crippen LogP contribution in [0.15, 0.2) is 48.7 Å². The van der Waals surface area contributed by atoms with E-state index in [9.17, 15) is 9.59 Å². The van der Waals surface area contributed by atoms with Gasteiger partial charge in [-0.25, -0.2) is 14.5 Å². The van der Waals surface area contributed by atoms with Crippen molar-refractivity contribution in [2.24, 2.45) is 0 Å². The van der Waals surface area contributed by atoms with Gasteiger partial charge in [-0.2, -0.15) is 0 Å². The highest BCUT2D eigenvalue weighted by atomic mass is 16.6. The lowest BCUT2D eigenvalue weighted by molar-refractivity contribution is 0.107. The maximum absolute atomic E-state index is 12.6. The molecule has 1 saturated heterocycles. The predicted octanol–water partition coefficient (Wildman–Crippen LogP) is 3.11. The van der Waals surface area contributed by atoms with E-state index in [-0.39, 0.29) is 24.7 Å². The van der Waals surface area contributed by atoms with E-state index in [2.05, 4.69) is 4.98 Å². The van der Waals surface area contributed by atoms with Crippen LogP contribution in [0.2, 0.25) is 0 Å². The molecule has 0 bridgehead atoms. The topological polar surface area (TPSA) is 62.7 Å². The van der Waals surface area contributed by atoms with Crippen molar-refractivity contribution in [2.75, 3.05) is 4.90 Å². The van der Waals surface area contributed by atoms with Gasteiger partial charge in [0.1, 0.15) is 6.61 Å². The number of rotatable bonds is 3. The molecule has 4 rings (SSSR count). The van der Waals surface area contributed by atoms with Crippen LogP contribution in [0, 0.1) is 6.92 Å². The van der Waals surface area contributed by atoms with Crippen molar-refractivity contribution in [3.8, 4) is 0 Å². The highest BCUT2D eigenvalue weighted by Gasteiger charge is 2.60. The summed E-state index contributed by atoms with van der Waals surface area (Å²) in [5, 5.41) is 0. The van der Waals surface area contributed by atoms with Crippen LogP contribution >= 0.6 is 0 Å². The van der Waals surface area contributed by atoms with Gasteiger partial charge in [0.15, 0.2) is 0 Å². The van der Waals surface area contributed by atoms with Gasteiger partial charge in [-0.1, -0.05) is 30.3 Å². The smallest absolute Gasteiger partial charge is 0.418 e. The molecular weight excluding hydrogens is 306 g/mol. The largest absolute Gasteiger partial charge is 0.444 e. The van der Waals surface area contributed by atoms with Crippen molar-refractivity contribution >= 4 is 17.8 Å². The van der Waals surface area contributed by atoms with Gasteiger partial charge in [-0.15, -0.1) is 0 Å². The van der Waals surface area contributed by atoms with E-state index in [0.29, 0.717) is 0 Å². The summed E-state index contributed by atoms with van der Waals surface area (Å²) < 4.78 is 5.31. The summed E-state index contributed by atoms with van der Waals surface area (Å²) in [4.78, 5) is 32.1. The first kappa shape index (κ1) is 14.7. The number of fused-ring (bicyclic) bond motifs is 1. The summed E-state index contributed by atoms with van der Waals surface area (Å²) in [5.41, 5.74) is 2.51. The Balaban J connectivity index is 1.47. The number of imide groups is 1. The molecule has 6 heteroatoms. The number of ether oxygens (including phenoxy) is 1. The number of benzene rings is 1. The van der Waals surface area contributed by atoms with E-state index < -0.39 is 6.09 Å². The summed E-state index contributed by atoms with van der Waals surface area (Å²) in [6, 6.07) is 12.7. The Hall–Kier alpha value is -2.89. The number of carbonyl (C=O) groups is 2. The SMILES string of the molecule is Cc1cc(N2C(=O)N(C(=O)OCc3ccccc3)C3CC32)ccn1. The molecule has 2 heterocycles. The fourth-order valence-corrected chi connectivity index (χ4v) is 3.11. The van der Waals surface area contributed by atoms with Crippen LogP contribution in [-0.2, 0) is 11.3 Å². The van der Waals surface area contributed by atoms with Crippen molar-refractivity contribution in [3.05, 3.63) is 59.9 Å². The molecule has 2 aliphatic rings. The zero-order valence-corrected chi connectivity index (χ0v) is 13.3. The molecule has 2 unspecified atom stereocenters. The number of carbonyl (C=O) groups excluding carboxylic acids is 2. The lowest BCUT2D eigenvalue weighted by Gasteiger charge is -2.22. The Bertz CT molecular complexity index is 793. The highest BCUT2D eigenvalue weighted by molar-refractivity contribution is 6.05. The number of aromatic nitrogens is 1. The number of hydrogen-bond acceptors (Lipinski definition) is 4. The van der Waals surface area contributed by atoms with Crippen molar-refractivity contribution < 1.29 is 14.3 Å². The first-order valence-electron chi connectivity index (χ1n) is 7.91. The van der Waals surface area contributed by atoms with E-state index in [4.69, 9.17) is 4.74 Å². The van der Waals surface area contributed by atoms with Gasteiger partial charge in [0, 0.05) is 17.6 Å². The molecule has 24 heavy (non-hydrogen) atoms. The van der Waals surface area contributed by atoms with Crippen LogP contribution in [0.3, 0.4) is 0 Å². The third-order valence-electron chi connectivity index (χ3n) is 4.36. The average Bonchev–Trinajstić information content (AvgIpc) is 3.28. The van der Waals surface area contributed by atoms with Crippen LogP contribution in [0.5, 0.6) is 0 Å². The van der Waals surface area contributed by atoms with Crippen LogP contribution < -0.4 is 4.90 Å². The molecule has 1 aliphatic heterocycles. The maximum Gasteiger partial charge on any atom is 0.418 e. The van der Waals surface area contributed by atoms with Crippen molar-refractivity contribution in [1.82, 2.24) is 9.88 Å². The van der Waals surface area contributed by atoms with Crippen LogP contribution in [0.1, 0.15) is 17.7 Å². The molecule has 122 valence electrons. The first-order valence-corrected chi connectivity index (χ1v) is 7.91. The molecular formula is C18H17N3O3. The summed E-state index contributed by atoms with van der Waals surface area (Å²) in [5.74, 6) is 0. The van der Waals surface area contributed by atoms with Gasteiger partial charge in [0.05, 0.1) is 12.1 Å². The summed E-state index contributed by atoms with van der Waals surface area (Å²) in [6.45, 7) is 2.04. The van der Waals surface area contributed by atoms with E-state index in [1.54, 1.807) is 17.2 Å². The van der Waals surface area contributed by atoms with E-state index in [0.717, 1.165) is 23.4 Å². The second-order valence-electron chi connectivity index (χ2n) is 6.09. The Morgan fingerprint density at radius 3 is 2.79 bits per heavy atom. The number of urea groups is 1. The lowest BCUT2D eigenvalue weighted by atomic mass is 10.2. The number of anilines is 1. The van der Waals surface area contributed by atoms with E-state index >= 15 is 0 Å². The standard InChI is InChI=1S/C18H17N3O3/c1-12-9-14(7-8-19-12)20-15-10-16(15)21(17(20)22)18(23)24-11-13-5-3-2-4-6-13/h2-9,15-16H,10-11H2,1H3. The van der Waals surface area contributed by atoms with Crippen LogP contribution in [0.25, 0.3) is 0 Å². The third kappa shape index (κ3) is 2.50. The van der Waals surface area contributed by atoms with Gasteiger partial charge in [-0.3, -0.25) is 9.88 Å². The predicted molar refractivity (Wildman–Crippen MR) is 87.5 cm³/mol. The molecule has 1 aliphatic carbocycles.